The van der Waals surface area contributed by atoms with Crippen LogP contribution in [0.1, 0.15) is 39.2 Å². The van der Waals surface area contributed by atoms with Gasteiger partial charge in [0, 0.05) is 0 Å². The Hall–Kier alpha value is -1.60. The molecule has 2 N–H and O–H groups in total. The topological polar surface area (TPSA) is 36.4 Å². The molecule has 25 heavy (non-hydrogen) atoms. The summed E-state index contributed by atoms with van der Waals surface area (Å²) in [6, 6.07) is 3.01. The van der Waals surface area contributed by atoms with Crippen molar-refractivity contribution >= 4 is 40.3 Å². The molecule has 0 heterocycles. The highest BCUT2D eigenvalue weighted by atomic mass is 35.5. The Morgan fingerprint density at radius 2 is 1.96 bits per heavy atom. The van der Waals surface area contributed by atoms with Crippen LogP contribution in [0.25, 0.3) is 0 Å². The van der Waals surface area contributed by atoms with Crippen molar-refractivity contribution in [1.82, 2.24) is 5.43 Å². The van der Waals surface area contributed by atoms with Gasteiger partial charge in [-0.25, -0.2) is 0 Å². The number of anilines is 1. The second-order valence-electron chi connectivity index (χ2n) is 6.87. The Kier molecular flexibility index (Phi) is 5.79. The largest absolute Gasteiger partial charge is 0.416 e. The van der Waals surface area contributed by atoms with Gasteiger partial charge in [-0.2, -0.15) is 18.3 Å². The van der Waals surface area contributed by atoms with Crippen LogP contribution in [0.15, 0.2) is 34.9 Å². The van der Waals surface area contributed by atoms with Gasteiger partial charge in [-0.15, -0.1) is 0 Å². The number of hydrazone groups is 1. The fourth-order valence-corrected chi connectivity index (χ4v) is 3.16. The van der Waals surface area contributed by atoms with E-state index in [0.717, 1.165) is 30.7 Å². The van der Waals surface area contributed by atoms with Crippen LogP contribution >= 0.6 is 23.8 Å². The molecule has 3 nitrogen and oxygen atoms in total. The number of nitrogens with zero attached hydrogens (tertiary/aromatic N) is 1. The second-order valence-corrected chi connectivity index (χ2v) is 7.69. The third kappa shape index (κ3) is 5.71. The molecule has 2 rings (SSSR count). The van der Waals surface area contributed by atoms with Crippen LogP contribution in [-0.4, -0.2) is 10.8 Å². The maximum atomic E-state index is 12.8. The van der Waals surface area contributed by atoms with E-state index in [9.17, 15) is 13.2 Å². The maximum Gasteiger partial charge on any atom is 0.416 e. The first-order valence-electron chi connectivity index (χ1n) is 7.64. The molecular formula is C17H19ClF3N3S. The lowest BCUT2D eigenvalue weighted by molar-refractivity contribution is -0.137. The van der Waals surface area contributed by atoms with Gasteiger partial charge in [0.2, 0.25) is 0 Å². The summed E-state index contributed by atoms with van der Waals surface area (Å²) in [6.45, 7) is 6.34. The number of allylic oxidation sites excluding steroid dienone is 2. The fourth-order valence-electron chi connectivity index (χ4n) is 2.84. The van der Waals surface area contributed by atoms with Crippen LogP contribution in [0.4, 0.5) is 18.9 Å². The van der Waals surface area contributed by atoms with Gasteiger partial charge in [-0.1, -0.05) is 31.0 Å². The van der Waals surface area contributed by atoms with Crippen LogP contribution in [0, 0.1) is 5.41 Å². The van der Waals surface area contributed by atoms with Crippen LogP contribution in [-0.2, 0) is 6.18 Å². The third-order valence-electron chi connectivity index (χ3n) is 3.67. The second kappa shape index (κ2) is 7.33. The molecule has 0 unspecified atom stereocenters. The fraction of sp³-hybridized carbons (Fsp3) is 0.412. The van der Waals surface area contributed by atoms with Crippen LogP contribution < -0.4 is 10.7 Å². The predicted octanol–water partition coefficient (Wildman–Crippen LogP) is 5.77. The Labute approximate surface area is 155 Å². The smallest absolute Gasteiger partial charge is 0.330 e. The van der Waals surface area contributed by atoms with Crippen molar-refractivity contribution in [2.24, 2.45) is 10.5 Å². The number of thiocarbonyl (C=S) groups is 1. The Balaban J connectivity index is 2.08. The predicted molar refractivity (Wildman–Crippen MR) is 100 cm³/mol. The van der Waals surface area contributed by atoms with Crippen molar-refractivity contribution in [3.63, 3.8) is 0 Å². The molecule has 0 radical (unpaired) electrons. The molecule has 0 spiro atoms. The average Bonchev–Trinajstić information content (AvgIpc) is 2.44. The van der Waals surface area contributed by atoms with Gasteiger partial charge in [0.15, 0.2) is 5.11 Å². The molecule has 0 fully saturated rings. The van der Waals surface area contributed by atoms with Crippen molar-refractivity contribution in [2.75, 3.05) is 5.32 Å². The zero-order valence-electron chi connectivity index (χ0n) is 14.1. The summed E-state index contributed by atoms with van der Waals surface area (Å²) in [5.74, 6) is 0. The Morgan fingerprint density at radius 1 is 1.28 bits per heavy atom. The van der Waals surface area contributed by atoms with Crippen molar-refractivity contribution in [2.45, 2.75) is 39.8 Å². The van der Waals surface area contributed by atoms with E-state index in [1.165, 1.54) is 11.6 Å². The number of hydrogen-bond acceptors (Lipinski definition) is 2. The quantitative estimate of drug-likeness (QED) is 0.498. The maximum absolute atomic E-state index is 12.8. The van der Waals surface area contributed by atoms with Gasteiger partial charge in [0.1, 0.15) is 0 Å². The normalized spacial score (nSPS) is 18.7. The van der Waals surface area contributed by atoms with Crippen molar-refractivity contribution in [3.05, 3.63) is 40.4 Å². The van der Waals surface area contributed by atoms with E-state index in [2.05, 4.69) is 29.7 Å². The van der Waals surface area contributed by atoms with Gasteiger partial charge in [-0.3, -0.25) is 5.43 Å². The molecule has 1 aliphatic rings. The first-order valence-corrected chi connectivity index (χ1v) is 8.42. The highest BCUT2D eigenvalue weighted by Crippen LogP contribution is 2.34. The third-order valence-corrected chi connectivity index (χ3v) is 4.20. The number of benzene rings is 1. The summed E-state index contributed by atoms with van der Waals surface area (Å²) in [6.07, 6.45) is -0.691. The van der Waals surface area contributed by atoms with E-state index in [1.807, 2.05) is 13.0 Å². The van der Waals surface area contributed by atoms with Crippen LogP contribution in [0.5, 0.6) is 0 Å². The van der Waals surface area contributed by atoms with Crippen molar-refractivity contribution in [3.8, 4) is 0 Å². The van der Waals surface area contributed by atoms with E-state index >= 15 is 0 Å². The number of nitrogens with one attached hydrogen (secondary N) is 2. The molecule has 0 saturated heterocycles. The lowest BCUT2D eigenvalue weighted by Crippen LogP contribution is -2.28. The zero-order chi connectivity index (χ0) is 18.8. The van der Waals surface area contributed by atoms with E-state index in [0.29, 0.717) is 0 Å². The summed E-state index contributed by atoms with van der Waals surface area (Å²) in [5, 5.41) is 7.11. The zero-order valence-corrected chi connectivity index (χ0v) is 15.7. The van der Waals surface area contributed by atoms with Gasteiger partial charge >= 0.3 is 6.18 Å². The number of halogens is 4. The van der Waals surface area contributed by atoms with Crippen molar-refractivity contribution in [1.29, 1.82) is 0 Å². The Morgan fingerprint density at radius 3 is 2.56 bits per heavy atom. The van der Waals surface area contributed by atoms with Gasteiger partial charge in [0.05, 0.1) is 22.0 Å². The average molecular weight is 390 g/mol. The van der Waals surface area contributed by atoms with E-state index in [1.54, 1.807) is 0 Å². The molecule has 136 valence electrons. The molecule has 0 saturated carbocycles. The SMILES string of the molecule is CC1=C/C(=N/NC(=S)Nc2cc(C(F)(F)F)ccc2Cl)CC(C)(C)C1. The lowest BCUT2D eigenvalue weighted by Gasteiger charge is -2.29. The molecule has 0 amide bonds. The Bertz CT molecular complexity index is 739. The highest BCUT2D eigenvalue weighted by Gasteiger charge is 2.31. The summed E-state index contributed by atoms with van der Waals surface area (Å²) in [4.78, 5) is 0. The minimum atomic E-state index is -4.45. The molecular weight excluding hydrogens is 371 g/mol. The van der Waals surface area contributed by atoms with Crippen LogP contribution in [0.2, 0.25) is 5.02 Å². The molecule has 0 bridgehead atoms. The molecule has 1 aromatic rings. The van der Waals surface area contributed by atoms with Gasteiger partial charge < -0.3 is 5.32 Å². The number of rotatable bonds is 2. The van der Waals surface area contributed by atoms with E-state index < -0.39 is 11.7 Å². The first-order chi connectivity index (χ1) is 11.5. The van der Waals surface area contributed by atoms with E-state index in [-0.39, 0.29) is 21.2 Å². The van der Waals surface area contributed by atoms with Crippen molar-refractivity contribution < 1.29 is 13.2 Å². The standard InChI is InChI=1S/C17H19ClF3N3S/c1-10-6-12(9-16(2,3)8-10)23-24-15(25)22-14-7-11(17(19,20)21)4-5-13(14)18/h4-7H,8-9H2,1-3H3,(H2,22,24,25)/b23-12-. The van der Waals surface area contributed by atoms with Crippen LogP contribution in [0.3, 0.4) is 0 Å². The molecule has 1 aliphatic carbocycles. The molecule has 1 aromatic carbocycles. The minimum Gasteiger partial charge on any atom is -0.330 e. The summed E-state index contributed by atoms with van der Waals surface area (Å²) in [7, 11) is 0. The summed E-state index contributed by atoms with van der Waals surface area (Å²) in [5.41, 5.74) is 4.11. The van der Waals surface area contributed by atoms with Gasteiger partial charge in [0.25, 0.3) is 0 Å². The summed E-state index contributed by atoms with van der Waals surface area (Å²) < 4.78 is 38.4. The molecule has 0 aromatic heterocycles. The highest BCUT2D eigenvalue weighted by molar-refractivity contribution is 7.80. The van der Waals surface area contributed by atoms with E-state index in [4.69, 9.17) is 23.8 Å². The summed E-state index contributed by atoms with van der Waals surface area (Å²) >= 11 is 11.0. The number of alkyl halides is 3. The number of hydrogen-bond donors (Lipinski definition) is 2. The first kappa shape index (κ1) is 19.7. The monoisotopic (exact) mass is 389 g/mol. The lowest BCUT2D eigenvalue weighted by atomic mass is 9.77. The van der Waals surface area contributed by atoms with Gasteiger partial charge in [-0.05, 0) is 61.7 Å². The molecule has 0 atom stereocenters. The molecule has 8 heteroatoms. The molecule has 0 aliphatic heterocycles. The minimum absolute atomic E-state index is 0.0724.